The fraction of sp³-hybridized carbons (Fsp3) is 0.179. The Hall–Kier alpha value is -4.59. The highest BCUT2D eigenvalue weighted by molar-refractivity contribution is 5.97. The number of esters is 1. The molecule has 0 aliphatic rings. The summed E-state index contributed by atoms with van der Waals surface area (Å²) in [5, 5.41) is 23.2. The molecule has 4 rings (SSSR count). The molecule has 1 amide bonds. The lowest BCUT2D eigenvalue weighted by molar-refractivity contribution is -0.146. The van der Waals surface area contributed by atoms with Gasteiger partial charge in [-0.05, 0) is 35.4 Å². The van der Waals surface area contributed by atoms with Gasteiger partial charge in [-0.15, -0.1) is 0 Å². The summed E-state index contributed by atoms with van der Waals surface area (Å²) < 4.78 is 10.3. The van der Waals surface area contributed by atoms with Crippen molar-refractivity contribution in [3.8, 4) is 17.2 Å². The Morgan fingerprint density at radius 1 is 0.944 bits per heavy atom. The van der Waals surface area contributed by atoms with Crippen LogP contribution in [0.4, 0.5) is 0 Å². The number of aromatic nitrogens is 1. The van der Waals surface area contributed by atoms with E-state index in [2.05, 4.69) is 16.4 Å². The molecule has 1 unspecified atom stereocenters. The average molecular weight is 489 g/mol. The first-order chi connectivity index (χ1) is 17.4. The van der Waals surface area contributed by atoms with Gasteiger partial charge in [-0.1, -0.05) is 60.7 Å². The second-order valence-corrected chi connectivity index (χ2v) is 7.91. The van der Waals surface area contributed by atoms with Crippen molar-refractivity contribution >= 4 is 22.6 Å². The Labute approximate surface area is 209 Å². The number of hydrogen-bond acceptors (Lipinski definition) is 7. The molecule has 0 bridgehead atoms. The van der Waals surface area contributed by atoms with Crippen LogP contribution < -0.4 is 10.1 Å². The van der Waals surface area contributed by atoms with Crippen LogP contribution in [-0.2, 0) is 16.0 Å². The van der Waals surface area contributed by atoms with Crippen LogP contribution >= 0.6 is 0 Å². The number of hydrogen-bond donors (Lipinski definition) is 3. The molecule has 0 spiro atoms. The summed E-state index contributed by atoms with van der Waals surface area (Å²) in [5.41, 5.74) is 0.833. The molecule has 0 saturated heterocycles. The molecule has 3 aromatic carbocycles. The molecule has 0 fully saturated rings. The number of benzene rings is 3. The smallest absolute Gasteiger partial charge is 0.325 e. The maximum atomic E-state index is 12.1. The molecular weight excluding hydrogens is 460 g/mol. The molecule has 0 radical (unpaired) electrons. The van der Waals surface area contributed by atoms with Crippen LogP contribution in [0.1, 0.15) is 23.0 Å². The second-order valence-electron chi connectivity index (χ2n) is 7.91. The summed E-state index contributed by atoms with van der Waals surface area (Å²) in [7, 11) is 1.37. The van der Waals surface area contributed by atoms with E-state index in [0.29, 0.717) is 12.2 Å². The summed E-state index contributed by atoms with van der Waals surface area (Å²) in [6, 6.07) is 24.3. The van der Waals surface area contributed by atoms with Crippen LogP contribution in [0.3, 0.4) is 0 Å². The van der Waals surface area contributed by atoms with E-state index in [-0.39, 0.29) is 29.8 Å². The molecule has 1 heterocycles. The van der Waals surface area contributed by atoms with E-state index in [1.807, 2.05) is 42.5 Å². The van der Waals surface area contributed by atoms with Crippen molar-refractivity contribution in [2.24, 2.45) is 0 Å². The molecular formula is C28H28N2O6. The largest absolute Gasteiger partial charge is 0.508 e. The third-order valence-corrected chi connectivity index (χ3v) is 5.14. The normalized spacial score (nSPS) is 11.1. The van der Waals surface area contributed by atoms with Crippen LogP contribution in [0, 0.1) is 0 Å². The van der Waals surface area contributed by atoms with Gasteiger partial charge >= 0.3 is 5.97 Å². The molecule has 1 atom stereocenters. The van der Waals surface area contributed by atoms with Crippen LogP contribution in [0.5, 0.6) is 17.2 Å². The predicted octanol–water partition coefficient (Wildman–Crippen LogP) is 4.25. The van der Waals surface area contributed by atoms with Gasteiger partial charge in [0.15, 0.2) is 17.2 Å². The lowest BCUT2D eigenvalue weighted by Gasteiger charge is -2.14. The lowest BCUT2D eigenvalue weighted by atomic mass is 10.0. The Balaban J connectivity index is 0.000000444. The SMILES string of the molecule is COc1ccnc(C(=O)NCC(=O)OC(C)Cc2ccc3ccccc3c2)c1O.Oc1ccccc1. The fourth-order valence-electron chi connectivity index (χ4n) is 3.44. The molecule has 1 aromatic heterocycles. The minimum absolute atomic E-state index is 0.122. The standard InChI is InChI=1S/C22H22N2O5.C6H6O/c1-14(11-15-7-8-16-5-3-4-6-17(16)12-15)29-19(25)13-24-22(27)20-21(26)18(28-2)9-10-23-20;7-6-4-2-1-3-5-6/h3-10,12,14,26H,11,13H2,1-2H3,(H,24,27);1-5,7H. The van der Waals surface area contributed by atoms with E-state index in [9.17, 15) is 14.7 Å². The molecule has 8 heteroatoms. The minimum Gasteiger partial charge on any atom is -0.508 e. The number of para-hydroxylation sites is 1. The van der Waals surface area contributed by atoms with E-state index in [1.54, 1.807) is 31.2 Å². The Bertz CT molecular complexity index is 1310. The Morgan fingerprint density at radius 3 is 2.31 bits per heavy atom. The van der Waals surface area contributed by atoms with Crippen molar-refractivity contribution in [3.63, 3.8) is 0 Å². The van der Waals surface area contributed by atoms with Crippen LogP contribution in [-0.4, -0.2) is 46.8 Å². The van der Waals surface area contributed by atoms with Gasteiger partial charge in [-0.2, -0.15) is 0 Å². The van der Waals surface area contributed by atoms with Crippen molar-refractivity contribution in [3.05, 3.63) is 96.3 Å². The van der Waals surface area contributed by atoms with Gasteiger partial charge in [0.2, 0.25) is 0 Å². The first-order valence-corrected chi connectivity index (χ1v) is 11.3. The molecule has 8 nitrogen and oxygen atoms in total. The Morgan fingerprint density at radius 2 is 1.64 bits per heavy atom. The second kappa shape index (κ2) is 12.8. The summed E-state index contributed by atoms with van der Waals surface area (Å²) >= 11 is 0. The number of ether oxygens (including phenoxy) is 2. The number of nitrogens with one attached hydrogen (secondary N) is 1. The first kappa shape index (κ1) is 26.0. The van der Waals surface area contributed by atoms with E-state index < -0.39 is 11.9 Å². The number of aromatic hydroxyl groups is 2. The molecule has 36 heavy (non-hydrogen) atoms. The van der Waals surface area contributed by atoms with Gasteiger partial charge in [-0.3, -0.25) is 9.59 Å². The first-order valence-electron chi connectivity index (χ1n) is 11.3. The average Bonchev–Trinajstić information content (AvgIpc) is 2.88. The van der Waals surface area contributed by atoms with Gasteiger partial charge in [0, 0.05) is 18.7 Å². The highest BCUT2D eigenvalue weighted by atomic mass is 16.5. The number of rotatable bonds is 7. The number of carbonyl (C=O) groups is 2. The van der Waals surface area contributed by atoms with Gasteiger partial charge in [-0.25, -0.2) is 4.98 Å². The zero-order chi connectivity index (χ0) is 25.9. The number of methoxy groups -OCH3 is 1. The quantitative estimate of drug-likeness (QED) is 0.333. The third-order valence-electron chi connectivity index (χ3n) is 5.14. The predicted molar refractivity (Wildman–Crippen MR) is 136 cm³/mol. The number of carbonyl (C=O) groups excluding carboxylic acids is 2. The Kier molecular flexibility index (Phi) is 9.22. The molecule has 0 aliphatic heterocycles. The third kappa shape index (κ3) is 7.46. The van der Waals surface area contributed by atoms with Gasteiger partial charge in [0.1, 0.15) is 18.4 Å². The number of amides is 1. The van der Waals surface area contributed by atoms with E-state index in [0.717, 1.165) is 16.3 Å². The highest BCUT2D eigenvalue weighted by Gasteiger charge is 2.18. The molecule has 0 aliphatic carbocycles. The number of phenolic OH excluding ortho intramolecular Hbond substituents is 1. The topological polar surface area (TPSA) is 118 Å². The molecule has 4 aromatic rings. The zero-order valence-electron chi connectivity index (χ0n) is 20.0. The van der Waals surface area contributed by atoms with Gasteiger partial charge < -0.3 is 25.0 Å². The lowest BCUT2D eigenvalue weighted by Crippen LogP contribution is -2.33. The maximum Gasteiger partial charge on any atom is 0.325 e. The summed E-state index contributed by atoms with van der Waals surface area (Å²) in [6.07, 6.45) is 1.53. The zero-order valence-corrected chi connectivity index (χ0v) is 20.0. The molecule has 3 N–H and O–H groups in total. The monoisotopic (exact) mass is 488 g/mol. The number of pyridine rings is 1. The highest BCUT2D eigenvalue weighted by Crippen LogP contribution is 2.27. The molecule has 186 valence electrons. The van der Waals surface area contributed by atoms with Crippen molar-refractivity contribution in [2.45, 2.75) is 19.4 Å². The number of phenols is 1. The van der Waals surface area contributed by atoms with Gasteiger partial charge in [0.05, 0.1) is 7.11 Å². The molecule has 0 saturated carbocycles. The summed E-state index contributed by atoms with van der Waals surface area (Å²) in [4.78, 5) is 28.0. The van der Waals surface area contributed by atoms with Crippen molar-refractivity contribution in [1.29, 1.82) is 0 Å². The summed E-state index contributed by atoms with van der Waals surface area (Å²) in [6.45, 7) is 1.46. The van der Waals surface area contributed by atoms with Crippen LogP contribution in [0.15, 0.2) is 85.1 Å². The number of nitrogens with zero attached hydrogens (tertiary/aromatic N) is 1. The van der Waals surface area contributed by atoms with Crippen molar-refractivity contribution in [2.75, 3.05) is 13.7 Å². The van der Waals surface area contributed by atoms with E-state index >= 15 is 0 Å². The minimum atomic E-state index is -0.694. The van der Waals surface area contributed by atoms with Gasteiger partial charge in [0.25, 0.3) is 5.91 Å². The van der Waals surface area contributed by atoms with E-state index in [1.165, 1.54) is 19.4 Å². The summed E-state index contributed by atoms with van der Waals surface area (Å²) in [5.74, 6) is -1.21. The van der Waals surface area contributed by atoms with Crippen molar-refractivity contribution in [1.82, 2.24) is 10.3 Å². The van der Waals surface area contributed by atoms with Crippen LogP contribution in [0.2, 0.25) is 0 Å². The van der Waals surface area contributed by atoms with Crippen molar-refractivity contribution < 1.29 is 29.3 Å². The number of fused-ring (bicyclic) bond motifs is 1. The fourth-order valence-corrected chi connectivity index (χ4v) is 3.44. The van der Waals surface area contributed by atoms with Crippen LogP contribution in [0.25, 0.3) is 10.8 Å². The maximum absolute atomic E-state index is 12.1. The van der Waals surface area contributed by atoms with E-state index in [4.69, 9.17) is 14.6 Å².